The van der Waals surface area contributed by atoms with Crippen molar-refractivity contribution in [3.63, 3.8) is 0 Å². The first-order valence-electron chi connectivity index (χ1n) is 25.4. The molecule has 71 heavy (non-hydrogen) atoms. The predicted molar refractivity (Wildman–Crippen MR) is 307 cm³/mol. The summed E-state index contributed by atoms with van der Waals surface area (Å²) in [7, 11) is -1.38. The maximum atomic E-state index is 7.32. The minimum absolute atomic E-state index is 0.00635. The Kier molecular flexibility index (Phi) is 10.6. The van der Waals surface area contributed by atoms with Crippen LogP contribution in [-0.2, 0) is 16.2 Å². The third kappa shape index (κ3) is 7.09. The number of furan rings is 1. The average molecular weight is 956 g/mol. The maximum Gasteiger partial charge on any atom is 0.145 e. The van der Waals surface area contributed by atoms with Gasteiger partial charge in [-0.05, 0) is 134 Å². The number of anilines is 6. The van der Waals surface area contributed by atoms with Gasteiger partial charge in [0, 0.05) is 51.8 Å². The van der Waals surface area contributed by atoms with E-state index in [1.54, 1.807) is 0 Å². The molecular formula is C65H61N3OSi2. The van der Waals surface area contributed by atoms with Crippen LogP contribution in [0, 0.1) is 0 Å². The summed E-state index contributed by atoms with van der Waals surface area (Å²) in [6.07, 6.45) is 3.85. The molecule has 6 heteroatoms. The Bertz CT molecular complexity index is 3630. The number of hydrogen-bond acceptors (Lipinski definition) is 4. The van der Waals surface area contributed by atoms with Gasteiger partial charge in [0.1, 0.15) is 11.2 Å². The van der Waals surface area contributed by atoms with E-state index in [1.807, 2.05) is 18.5 Å². The molecule has 2 aromatic heterocycles. The third-order valence-electron chi connectivity index (χ3n) is 15.5. The van der Waals surface area contributed by atoms with Crippen molar-refractivity contribution in [2.24, 2.45) is 0 Å². The van der Waals surface area contributed by atoms with Crippen molar-refractivity contribution in [3.05, 3.63) is 222 Å². The molecule has 0 N–H and O–H groups in total. The highest BCUT2D eigenvalue weighted by Crippen LogP contribution is 2.66. The van der Waals surface area contributed by atoms with Gasteiger partial charge in [-0.25, -0.2) is 0 Å². The van der Waals surface area contributed by atoms with E-state index in [0.29, 0.717) is 0 Å². The highest BCUT2D eigenvalue weighted by Gasteiger charge is 2.53. The van der Waals surface area contributed by atoms with Crippen molar-refractivity contribution >= 4 is 84.8 Å². The van der Waals surface area contributed by atoms with Crippen molar-refractivity contribution in [1.29, 1.82) is 0 Å². The van der Waals surface area contributed by atoms with Crippen LogP contribution in [0.3, 0.4) is 0 Å². The highest BCUT2D eigenvalue weighted by atomic mass is 28.3. The number of fused-ring (bicyclic) bond motifs is 14. The molecular weight excluding hydrogens is 895 g/mol. The molecule has 350 valence electrons. The lowest BCUT2D eigenvalue weighted by Crippen LogP contribution is -2.26. The zero-order valence-corrected chi connectivity index (χ0v) is 45.0. The SMILES string of the molecule is C[SiH2]c1ccc(N(c2ccc(C(C)(C)C)cc2)c2ccc3c(c2)C2(c4ccccc4-c4ccccc42)c2cc(N(c4ccc([SiH](C)C)cc4)c4ccc(C(C)(C)C)cc4)c4c(oc5ccncc54)c2-3)cc1. The summed E-state index contributed by atoms with van der Waals surface area (Å²) in [6, 6.07) is 67.1. The maximum absolute atomic E-state index is 7.32. The number of benzene rings is 8. The van der Waals surface area contributed by atoms with E-state index in [0.717, 1.165) is 61.6 Å². The normalized spacial score (nSPS) is 13.6. The number of rotatable bonds is 8. The van der Waals surface area contributed by atoms with Gasteiger partial charge in [0.15, 0.2) is 0 Å². The lowest BCUT2D eigenvalue weighted by Gasteiger charge is -2.33. The van der Waals surface area contributed by atoms with E-state index in [9.17, 15) is 0 Å². The van der Waals surface area contributed by atoms with E-state index in [-0.39, 0.29) is 20.3 Å². The quantitative estimate of drug-likeness (QED) is 0.142. The first kappa shape index (κ1) is 44.9. The van der Waals surface area contributed by atoms with Crippen LogP contribution in [0.1, 0.15) is 74.9 Å². The molecule has 2 aliphatic rings. The van der Waals surface area contributed by atoms with Crippen LogP contribution in [0.4, 0.5) is 34.1 Å². The predicted octanol–water partition coefficient (Wildman–Crippen LogP) is 15.4. The Hall–Kier alpha value is -7.26. The summed E-state index contributed by atoms with van der Waals surface area (Å²) in [5, 5.41) is 4.95. The zero-order chi connectivity index (χ0) is 49.0. The van der Waals surface area contributed by atoms with Gasteiger partial charge in [0.2, 0.25) is 0 Å². The summed E-state index contributed by atoms with van der Waals surface area (Å²) < 4.78 is 7.32. The minimum atomic E-state index is -1.06. The van der Waals surface area contributed by atoms with Gasteiger partial charge in [-0.1, -0.05) is 175 Å². The molecule has 10 aromatic rings. The van der Waals surface area contributed by atoms with Crippen LogP contribution in [0.2, 0.25) is 19.6 Å². The van der Waals surface area contributed by atoms with Crippen LogP contribution in [0.15, 0.2) is 193 Å². The second-order valence-corrected chi connectivity index (χ2v) is 26.6. The molecule has 2 heterocycles. The molecule has 0 aliphatic heterocycles. The van der Waals surface area contributed by atoms with Gasteiger partial charge in [0.05, 0.1) is 34.8 Å². The van der Waals surface area contributed by atoms with Crippen molar-refractivity contribution in [2.75, 3.05) is 9.80 Å². The Balaban J connectivity index is 1.19. The molecule has 8 aromatic carbocycles. The standard InChI is InChI=1S/C65H61N3OSi2/c1-63(2,3)41-18-22-43(23-19-41)67(44-26-31-48(70-7)32-27-44)47-30-35-52-56(38-47)65(54-16-12-10-14-50(54)51-15-11-13-17-55(51)65)57-39-58(61-53-40-66-37-36-59(53)69-62(61)60(52)57)68(46-28-33-49(34-29-46)71(8)9)45-24-20-42(21-25-45)64(4,5)6/h10-40,71H,70H2,1-9H3. The number of hydrogen-bond donors (Lipinski definition) is 0. The minimum Gasteiger partial charge on any atom is -0.455 e. The van der Waals surface area contributed by atoms with E-state index < -0.39 is 14.2 Å². The topological polar surface area (TPSA) is 32.5 Å². The fraction of sp³-hybridized carbons (Fsp3) is 0.185. The van der Waals surface area contributed by atoms with Crippen molar-refractivity contribution in [3.8, 4) is 22.3 Å². The zero-order valence-electron chi connectivity index (χ0n) is 42.4. The largest absolute Gasteiger partial charge is 0.455 e. The van der Waals surface area contributed by atoms with Gasteiger partial charge in [-0.2, -0.15) is 0 Å². The van der Waals surface area contributed by atoms with Crippen LogP contribution in [0.5, 0.6) is 0 Å². The van der Waals surface area contributed by atoms with Gasteiger partial charge in [0.25, 0.3) is 0 Å². The molecule has 0 saturated carbocycles. The number of aromatic nitrogens is 1. The molecule has 0 unspecified atom stereocenters. The van der Waals surface area contributed by atoms with Gasteiger partial charge in [-0.15, -0.1) is 0 Å². The van der Waals surface area contributed by atoms with Crippen LogP contribution in [0.25, 0.3) is 44.2 Å². The lowest BCUT2D eigenvalue weighted by molar-refractivity contribution is 0.590. The summed E-state index contributed by atoms with van der Waals surface area (Å²) in [4.78, 5) is 9.69. The number of pyridine rings is 1. The second-order valence-electron chi connectivity index (χ2n) is 22.1. The van der Waals surface area contributed by atoms with Gasteiger partial charge in [-0.3, -0.25) is 4.98 Å². The Morgan fingerprint density at radius 3 is 1.59 bits per heavy atom. The smallest absolute Gasteiger partial charge is 0.145 e. The summed E-state index contributed by atoms with van der Waals surface area (Å²) in [6.45, 7) is 20.9. The Morgan fingerprint density at radius 1 is 0.521 bits per heavy atom. The Labute approximate surface area is 423 Å². The van der Waals surface area contributed by atoms with E-state index in [1.165, 1.54) is 60.4 Å². The van der Waals surface area contributed by atoms with Crippen LogP contribution < -0.4 is 20.2 Å². The molecule has 1 spiro atoms. The molecule has 0 bridgehead atoms. The monoisotopic (exact) mass is 955 g/mol. The first-order chi connectivity index (χ1) is 34.2. The number of nitrogens with zero attached hydrogens (tertiary/aromatic N) is 3. The summed E-state index contributed by atoms with van der Waals surface area (Å²) in [5.74, 6) is 0. The van der Waals surface area contributed by atoms with Crippen molar-refractivity contribution in [1.82, 2.24) is 4.98 Å². The van der Waals surface area contributed by atoms with E-state index >= 15 is 0 Å². The molecule has 2 aliphatic carbocycles. The first-order valence-corrected chi connectivity index (χ1v) is 30.4. The molecule has 4 nitrogen and oxygen atoms in total. The summed E-state index contributed by atoms with van der Waals surface area (Å²) in [5.41, 5.74) is 20.2. The summed E-state index contributed by atoms with van der Waals surface area (Å²) >= 11 is 0. The van der Waals surface area contributed by atoms with Crippen molar-refractivity contribution < 1.29 is 4.42 Å². The van der Waals surface area contributed by atoms with E-state index in [2.05, 4.69) is 241 Å². The average Bonchev–Trinajstić information content (AvgIpc) is 4.01. The van der Waals surface area contributed by atoms with Gasteiger partial charge >= 0.3 is 0 Å². The lowest BCUT2D eigenvalue weighted by atomic mass is 9.70. The molecule has 0 atom stereocenters. The molecule has 0 amide bonds. The highest BCUT2D eigenvalue weighted by molar-refractivity contribution is 6.70. The molecule has 0 radical (unpaired) electrons. The molecule has 12 rings (SSSR count). The fourth-order valence-electron chi connectivity index (χ4n) is 11.7. The van der Waals surface area contributed by atoms with Crippen LogP contribution >= 0.6 is 0 Å². The second kappa shape index (κ2) is 16.7. The van der Waals surface area contributed by atoms with Gasteiger partial charge < -0.3 is 14.2 Å². The van der Waals surface area contributed by atoms with Crippen LogP contribution in [-0.4, -0.2) is 23.3 Å². The van der Waals surface area contributed by atoms with E-state index in [4.69, 9.17) is 9.40 Å². The molecule has 0 saturated heterocycles. The van der Waals surface area contributed by atoms with Crippen molar-refractivity contribution in [2.45, 2.75) is 77.4 Å². The Morgan fingerprint density at radius 2 is 1.04 bits per heavy atom. The molecule has 0 fully saturated rings. The fourth-order valence-corrected chi connectivity index (χ4v) is 13.3. The third-order valence-corrected chi connectivity index (χ3v) is 18.5.